The molecule has 140 valence electrons. The van der Waals surface area contributed by atoms with E-state index in [0.29, 0.717) is 18.2 Å². The maximum Gasteiger partial charge on any atom is 0.272 e. The first-order valence-electron chi connectivity index (χ1n) is 9.68. The van der Waals surface area contributed by atoms with Gasteiger partial charge in [-0.25, -0.2) is 0 Å². The Bertz CT molecular complexity index is 748. The number of amides is 1. The lowest BCUT2D eigenvalue weighted by atomic mass is 10.0. The first-order valence-corrected chi connectivity index (χ1v) is 9.68. The van der Waals surface area contributed by atoms with Crippen LogP contribution in [0.4, 0.5) is 5.69 Å². The zero-order valence-corrected chi connectivity index (χ0v) is 16.3. The third-order valence-corrected chi connectivity index (χ3v) is 5.08. The number of rotatable bonds is 5. The van der Waals surface area contributed by atoms with Crippen LogP contribution in [0.5, 0.6) is 0 Å². The topological polar surface area (TPSA) is 50.2 Å². The molecule has 0 radical (unpaired) electrons. The standard InChI is InChI=1S/C21H30N4O/c1-5-25-20(13-16(4)23-25)21(26)24-12-6-7-19(14-24)22-18-10-8-17(9-11-18)15(2)3/h8-11,13,15,19,22H,5-7,12,14H2,1-4H3/t19-/m1/s1. The zero-order valence-electron chi connectivity index (χ0n) is 16.3. The number of hydrogen-bond donors (Lipinski definition) is 1. The Morgan fingerprint density at radius 1 is 1.31 bits per heavy atom. The van der Waals surface area contributed by atoms with Gasteiger partial charge in [0.15, 0.2) is 0 Å². The van der Waals surface area contributed by atoms with Gasteiger partial charge in [-0.2, -0.15) is 5.10 Å². The van der Waals surface area contributed by atoms with Crippen LogP contribution in [0.25, 0.3) is 0 Å². The van der Waals surface area contributed by atoms with E-state index in [1.54, 1.807) is 4.68 Å². The molecule has 5 nitrogen and oxygen atoms in total. The Labute approximate surface area is 156 Å². The summed E-state index contributed by atoms with van der Waals surface area (Å²) in [5, 5.41) is 8.01. The van der Waals surface area contributed by atoms with Crippen molar-refractivity contribution in [2.45, 2.75) is 59.0 Å². The van der Waals surface area contributed by atoms with E-state index in [1.807, 2.05) is 24.8 Å². The van der Waals surface area contributed by atoms with Crippen molar-refractivity contribution in [3.05, 3.63) is 47.3 Å². The Hall–Kier alpha value is -2.30. The lowest BCUT2D eigenvalue weighted by Crippen LogP contribution is -2.45. The van der Waals surface area contributed by atoms with E-state index < -0.39 is 0 Å². The molecule has 1 atom stereocenters. The summed E-state index contributed by atoms with van der Waals surface area (Å²) in [6.45, 7) is 10.6. The molecule has 0 bridgehead atoms. The van der Waals surface area contributed by atoms with Gasteiger partial charge >= 0.3 is 0 Å². The first-order chi connectivity index (χ1) is 12.5. The van der Waals surface area contributed by atoms with Crippen molar-refractivity contribution in [2.75, 3.05) is 18.4 Å². The molecule has 0 unspecified atom stereocenters. The molecular formula is C21H30N4O. The van der Waals surface area contributed by atoms with Crippen molar-refractivity contribution >= 4 is 11.6 Å². The summed E-state index contributed by atoms with van der Waals surface area (Å²) >= 11 is 0. The smallest absolute Gasteiger partial charge is 0.272 e. The second-order valence-corrected chi connectivity index (χ2v) is 7.50. The third kappa shape index (κ3) is 4.09. The maximum absolute atomic E-state index is 12.9. The number of anilines is 1. The highest BCUT2D eigenvalue weighted by molar-refractivity contribution is 5.92. The third-order valence-electron chi connectivity index (χ3n) is 5.08. The first kappa shape index (κ1) is 18.5. The van der Waals surface area contributed by atoms with Gasteiger partial charge in [-0.3, -0.25) is 9.48 Å². The average molecular weight is 354 g/mol. The second-order valence-electron chi connectivity index (χ2n) is 7.50. The van der Waals surface area contributed by atoms with E-state index >= 15 is 0 Å². The van der Waals surface area contributed by atoms with Crippen molar-refractivity contribution in [3.63, 3.8) is 0 Å². The van der Waals surface area contributed by atoms with Gasteiger partial charge in [0.1, 0.15) is 5.69 Å². The van der Waals surface area contributed by atoms with Crippen molar-refractivity contribution < 1.29 is 4.79 Å². The Morgan fingerprint density at radius 3 is 2.69 bits per heavy atom. The zero-order chi connectivity index (χ0) is 18.7. The fraction of sp³-hybridized carbons (Fsp3) is 0.524. The lowest BCUT2D eigenvalue weighted by molar-refractivity contribution is 0.0702. The molecular weight excluding hydrogens is 324 g/mol. The molecule has 1 N–H and O–H groups in total. The fourth-order valence-corrected chi connectivity index (χ4v) is 3.60. The van der Waals surface area contributed by atoms with Crippen molar-refractivity contribution in [1.82, 2.24) is 14.7 Å². The summed E-state index contributed by atoms with van der Waals surface area (Å²) < 4.78 is 1.80. The molecule has 26 heavy (non-hydrogen) atoms. The van der Waals surface area contributed by atoms with E-state index in [-0.39, 0.29) is 11.9 Å². The van der Waals surface area contributed by atoms with Gasteiger partial charge in [-0.1, -0.05) is 26.0 Å². The molecule has 5 heteroatoms. The summed E-state index contributed by atoms with van der Waals surface area (Å²) in [5.74, 6) is 0.632. The molecule has 1 fully saturated rings. The minimum absolute atomic E-state index is 0.0918. The van der Waals surface area contributed by atoms with Crippen molar-refractivity contribution in [1.29, 1.82) is 0 Å². The van der Waals surface area contributed by atoms with Gasteiger partial charge in [0.05, 0.1) is 5.69 Å². The van der Waals surface area contributed by atoms with Crippen LogP contribution < -0.4 is 5.32 Å². The highest BCUT2D eigenvalue weighted by Crippen LogP contribution is 2.21. The number of carbonyl (C=O) groups excluding carboxylic acids is 1. The van der Waals surface area contributed by atoms with E-state index in [1.165, 1.54) is 5.56 Å². The maximum atomic E-state index is 12.9. The van der Waals surface area contributed by atoms with Crippen LogP contribution in [0.2, 0.25) is 0 Å². The number of likely N-dealkylation sites (tertiary alicyclic amines) is 1. The summed E-state index contributed by atoms with van der Waals surface area (Å²) in [5.41, 5.74) is 4.07. The lowest BCUT2D eigenvalue weighted by Gasteiger charge is -2.33. The molecule has 1 aliphatic heterocycles. The highest BCUT2D eigenvalue weighted by Gasteiger charge is 2.26. The number of aryl methyl sites for hydroxylation is 2. The second kappa shape index (κ2) is 7.94. The van der Waals surface area contributed by atoms with E-state index in [9.17, 15) is 4.79 Å². The van der Waals surface area contributed by atoms with E-state index in [4.69, 9.17) is 0 Å². The van der Waals surface area contributed by atoms with Crippen LogP contribution in [-0.4, -0.2) is 39.7 Å². The van der Waals surface area contributed by atoms with E-state index in [0.717, 1.165) is 37.3 Å². The summed E-state index contributed by atoms with van der Waals surface area (Å²) in [7, 11) is 0. The molecule has 0 saturated carbocycles. The number of aromatic nitrogens is 2. The Balaban J connectivity index is 1.66. The minimum atomic E-state index is 0.0918. The van der Waals surface area contributed by atoms with Crippen LogP contribution in [0, 0.1) is 6.92 Å². The van der Waals surface area contributed by atoms with Crippen LogP contribution >= 0.6 is 0 Å². The number of nitrogens with one attached hydrogen (secondary N) is 1. The molecule has 0 aliphatic carbocycles. The molecule has 3 rings (SSSR count). The van der Waals surface area contributed by atoms with Gasteiger partial charge in [0.25, 0.3) is 5.91 Å². The normalized spacial score (nSPS) is 17.6. The number of nitrogens with zero attached hydrogens (tertiary/aromatic N) is 3. The van der Waals surface area contributed by atoms with Crippen LogP contribution in [0.15, 0.2) is 30.3 Å². The predicted octanol–water partition coefficient (Wildman–Crippen LogP) is 4.05. The monoisotopic (exact) mass is 354 g/mol. The molecule has 0 spiro atoms. The van der Waals surface area contributed by atoms with Crippen LogP contribution in [-0.2, 0) is 6.54 Å². The summed E-state index contributed by atoms with van der Waals surface area (Å²) in [6.07, 6.45) is 2.11. The molecule has 1 aromatic heterocycles. The number of hydrogen-bond acceptors (Lipinski definition) is 3. The summed E-state index contributed by atoms with van der Waals surface area (Å²) in [4.78, 5) is 14.9. The van der Waals surface area contributed by atoms with Gasteiger partial charge in [-0.05, 0) is 56.4 Å². The average Bonchev–Trinajstić information content (AvgIpc) is 3.02. The number of benzene rings is 1. The minimum Gasteiger partial charge on any atom is -0.381 e. The van der Waals surface area contributed by atoms with Crippen LogP contribution in [0.3, 0.4) is 0 Å². The SMILES string of the molecule is CCn1nc(C)cc1C(=O)N1CCC[C@@H](Nc2ccc(C(C)C)cc2)C1. The highest BCUT2D eigenvalue weighted by atomic mass is 16.2. The quantitative estimate of drug-likeness (QED) is 0.881. The molecule has 1 amide bonds. The van der Waals surface area contributed by atoms with Gasteiger partial charge in [0, 0.05) is 31.4 Å². The van der Waals surface area contributed by atoms with E-state index in [2.05, 4.69) is 48.5 Å². The Kier molecular flexibility index (Phi) is 5.64. The molecule has 1 aromatic carbocycles. The van der Waals surface area contributed by atoms with Crippen molar-refractivity contribution in [3.8, 4) is 0 Å². The van der Waals surface area contributed by atoms with Gasteiger partial charge in [-0.15, -0.1) is 0 Å². The molecule has 2 heterocycles. The molecule has 1 aliphatic rings. The Morgan fingerprint density at radius 2 is 2.04 bits per heavy atom. The molecule has 1 saturated heterocycles. The fourth-order valence-electron chi connectivity index (χ4n) is 3.60. The number of piperidine rings is 1. The molecule has 2 aromatic rings. The number of carbonyl (C=O) groups is 1. The predicted molar refractivity (Wildman–Crippen MR) is 106 cm³/mol. The summed E-state index contributed by atoms with van der Waals surface area (Å²) in [6, 6.07) is 10.8. The van der Waals surface area contributed by atoms with Crippen LogP contribution in [0.1, 0.15) is 61.3 Å². The van der Waals surface area contributed by atoms with Gasteiger partial charge < -0.3 is 10.2 Å². The van der Waals surface area contributed by atoms with Crippen molar-refractivity contribution in [2.24, 2.45) is 0 Å². The largest absolute Gasteiger partial charge is 0.381 e. The van der Waals surface area contributed by atoms with Gasteiger partial charge in [0.2, 0.25) is 0 Å².